The zero-order valence-electron chi connectivity index (χ0n) is 12.2. The van der Waals surface area contributed by atoms with E-state index in [1.165, 1.54) is 7.11 Å². The summed E-state index contributed by atoms with van der Waals surface area (Å²) in [6.45, 7) is 0.466. The van der Waals surface area contributed by atoms with Crippen LogP contribution in [0, 0.1) is 5.92 Å². The van der Waals surface area contributed by atoms with Crippen LogP contribution in [-0.2, 0) is 22.6 Å². The summed E-state index contributed by atoms with van der Waals surface area (Å²) in [5.74, 6) is -0.672. The van der Waals surface area contributed by atoms with Gasteiger partial charge in [-0.15, -0.1) is 0 Å². The van der Waals surface area contributed by atoms with Crippen molar-refractivity contribution in [2.75, 3.05) is 7.11 Å². The summed E-state index contributed by atoms with van der Waals surface area (Å²) in [6.07, 6.45) is 0.378. The number of hydrogen-bond acceptors (Lipinski definition) is 4. The first-order chi connectivity index (χ1) is 10.7. The fourth-order valence-corrected chi connectivity index (χ4v) is 2.64. The van der Waals surface area contributed by atoms with Gasteiger partial charge >= 0.3 is 5.97 Å². The highest BCUT2D eigenvalue weighted by Crippen LogP contribution is 2.30. The number of hydrogen-bond donors (Lipinski definition) is 0. The summed E-state index contributed by atoms with van der Waals surface area (Å²) in [6, 6.07) is 15.2. The molecule has 4 heteroatoms. The van der Waals surface area contributed by atoms with Crippen LogP contribution in [0.1, 0.15) is 21.5 Å². The maximum atomic E-state index is 12.1. The molecule has 0 amide bonds. The molecule has 0 N–H and O–H groups in total. The Bertz CT molecular complexity index is 706. The quantitative estimate of drug-likeness (QED) is 0.643. The van der Waals surface area contributed by atoms with Crippen LogP contribution < -0.4 is 4.74 Å². The van der Waals surface area contributed by atoms with Gasteiger partial charge in [-0.2, -0.15) is 0 Å². The summed E-state index contributed by atoms with van der Waals surface area (Å²) >= 11 is 0. The van der Waals surface area contributed by atoms with Crippen LogP contribution in [0.3, 0.4) is 0 Å². The van der Waals surface area contributed by atoms with Gasteiger partial charge in [-0.3, -0.25) is 9.59 Å². The third-order valence-electron chi connectivity index (χ3n) is 3.82. The number of rotatable bonds is 4. The van der Waals surface area contributed by atoms with Gasteiger partial charge in [-0.05, 0) is 35.7 Å². The van der Waals surface area contributed by atoms with Gasteiger partial charge in [0.05, 0.1) is 7.11 Å². The predicted molar refractivity (Wildman–Crippen MR) is 80.8 cm³/mol. The van der Waals surface area contributed by atoms with E-state index in [1.54, 1.807) is 12.1 Å². The van der Waals surface area contributed by atoms with Crippen molar-refractivity contribution in [2.45, 2.75) is 13.0 Å². The predicted octanol–water partition coefficient (Wildman–Crippen LogP) is 2.79. The van der Waals surface area contributed by atoms with E-state index in [-0.39, 0.29) is 5.78 Å². The van der Waals surface area contributed by atoms with Gasteiger partial charge in [-0.25, -0.2) is 0 Å². The second-order valence-electron chi connectivity index (χ2n) is 5.24. The van der Waals surface area contributed by atoms with Crippen LogP contribution in [0.2, 0.25) is 0 Å². The third kappa shape index (κ3) is 2.72. The van der Waals surface area contributed by atoms with Crippen molar-refractivity contribution < 1.29 is 19.1 Å². The van der Waals surface area contributed by atoms with Gasteiger partial charge in [0.1, 0.15) is 18.3 Å². The lowest BCUT2D eigenvalue weighted by Gasteiger charge is -2.07. The van der Waals surface area contributed by atoms with Crippen LogP contribution in [-0.4, -0.2) is 18.9 Å². The maximum absolute atomic E-state index is 12.1. The molecule has 0 aromatic heterocycles. The second kappa shape index (κ2) is 6.02. The fraction of sp³-hybridized carbons (Fsp3) is 0.222. The third-order valence-corrected chi connectivity index (χ3v) is 3.82. The zero-order chi connectivity index (χ0) is 15.5. The van der Waals surface area contributed by atoms with E-state index < -0.39 is 11.9 Å². The van der Waals surface area contributed by atoms with Crippen molar-refractivity contribution >= 4 is 11.8 Å². The lowest BCUT2D eigenvalue weighted by atomic mass is 10.1. The van der Waals surface area contributed by atoms with Crippen LogP contribution >= 0.6 is 0 Å². The van der Waals surface area contributed by atoms with Gasteiger partial charge in [0.25, 0.3) is 0 Å². The molecule has 0 radical (unpaired) electrons. The van der Waals surface area contributed by atoms with E-state index in [0.717, 1.165) is 11.1 Å². The average Bonchev–Trinajstić information content (AvgIpc) is 2.89. The van der Waals surface area contributed by atoms with Crippen LogP contribution in [0.4, 0.5) is 0 Å². The molecule has 0 spiro atoms. The topological polar surface area (TPSA) is 52.6 Å². The maximum Gasteiger partial charge on any atom is 0.316 e. The van der Waals surface area contributed by atoms with Crippen molar-refractivity contribution in [3.05, 3.63) is 65.2 Å². The number of fused-ring (bicyclic) bond motifs is 1. The molecule has 22 heavy (non-hydrogen) atoms. The Morgan fingerprint density at radius 3 is 2.68 bits per heavy atom. The molecule has 1 unspecified atom stereocenters. The Balaban J connectivity index is 1.73. The highest BCUT2D eigenvalue weighted by molar-refractivity contribution is 6.12. The minimum atomic E-state index is -0.718. The van der Waals surface area contributed by atoms with Crippen molar-refractivity contribution in [3.63, 3.8) is 0 Å². The summed E-state index contributed by atoms with van der Waals surface area (Å²) in [5.41, 5.74) is 2.50. The monoisotopic (exact) mass is 296 g/mol. The Labute approximate surface area is 128 Å². The molecule has 1 aliphatic carbocycles. The van der Waals surface area contributed by atoms with E-state index in [0.29, 0.717) is 24.3 Å². The van der Waals surface area contributed by atoms with Gasteiger partial charge in [0.15, 0.2) is 5.78 Å². The minimum absolute atomic E-state index is 0.170. The number of Topliss-reactive ketones (excluding diaryl/α,β-unsaturated/α-hetero) is 1. The first-order valence-corrected chi connectivity index (χ1v) is 7.10. The molecule has 112 valence electrons. The van der Waals surface area contributed by atoms with Gasteiger partial charge in [-0.1, -0.05) is 30.3 Å². The number of methoxy groups -OCH3 is 1. The normalized spacial score (nSPS) is 16.2. The number of ether oxygens (including phenoxy) is 2. The smallest absolute Gasteiger partial charge is 0.316 e. The molecule has 0 saturated carbocycles. The van der Waals surface area contributed by atoms with Crippen LogP contribution in [0.15, 0.2) is 48.5 Å². The molecule has 1 aliphatic rings. The standard InChI is InChI=1S/C18H16O4/c1-21-18(20)16-10-13-9-14(7-8-15(13)17(16)19)22-11-12-5-3-2-4-6-12/h2-9,16H,10-11H2,1H3. The van der Waals surface area contributed by atoms with Crippen molar-refractivity contribution in [3.8, 4) is 5.75 Å². The number of carbonyl (C=O) groups excluding carboxylic acids is 2. The average molecular weight is 296 g/mol. The first-order valence-electron chi connectivity index (χ1n) is 7.10. The molecule has 2 aromatic carbocycles. The molecule has 2 aromatic rings. The number of benzene rings is 2. The lowest BCUT2D eigenvalue weighted by molar-refractivity contribution is -0.143. The van der Waals surface area contributed by atoms with Gasteiger partial charge in [0.2, 0.25) is 0 Å². The summed E-state index contributed by atoms with van der Waals surface area (Å²) < 4.78 is 10.4. The second-order valence-corrected chi connectivity index (χ2v) is 5.24. The molecule has 0 fully saturated rings. The SMILES string of the molecule is COC(=O)C1Cc2cc(OCc3ccccc3)ccc2C1=O. The fourth-order valence-electron chi connectivity index (χ4n) is 2.64. The highest BCUT2D eigenvalue weighted by atomic mass is 16.5. The van der Waals surface area contributed by atoms with E-state index in [2.05, 4.69) is 4.74 Å². The van der Waals surface area contributed by atoms with Crippen molar-refractivity contribution in [1.29, 1.82) is 0 Å². The number of esters is 1. The minimum Gasteiger partial charge on any atom is -0.489 e. The number of carbonyl (C=O) groups is 2. The van der Waals surface area contributed by atoms with Gasteiger partial charge < -0.3 is 9.47 Å². The Kier molecular flexibility index (Phi) is 3.92. The van der Waals surface area contributed by atoms with Crippen LogP contribution in [0.25, 0.3) is 0 Å². The summed E-state index contributed by atoms with van der Waals surface area (Å²) in [4.78, 5) is 23.8. The first kappa shape index (κ1) is 14.3. The molecular weight excluding hydrogens is 280 g/mol. The molecule has 4 nitrogen and oxygen atoms in total. The zero-order valence-corrected chi connectivity index (χ0v) is 12.2. The van der Waals surface area contributed by atoms with E-state index in [4.69, 9.17) is 4.74 Å². The molecule has 1 atom stereocenters. The van der Waals surface area contributed by atoms with Gasteiger partial charge in [0, 0.05) is 5.56 Å². The summed E-state index contributed by atoms with van der Waals surface area (Å²) in [7, 11) is 1.30. The molecular formula is C18H16O4. The molecule has 0 aliphatic heterocycles. The Hall–Kier alpha value is -2.62. The van der Waals surface area contributed by atoms with Crippen molar-refractivity contribution in [2.24, 2.45) is 5.92 Å². The highest BCUT2D eigenvalue weighted by Gasteiger charge is 2.36. The summed E-state index contributed by atoms with van der Waals surface area (Å²) in [5, 5.41) is 0. The molecule has 0 bridgehead atoms. The van der Waals surface area contributed by atoms with Crippen molar-refractivity contribution in [1.82, 2.24) is 0 Å². The lowest BCUT2D eigenvalue weighted by Crippen LogP contribution is -2.21. The van der Waals surface area contributed by atoms with E-state index in [1.807, 2.05) is 36.4 Å². The molecule has 3 rings (SSSR count). The number of ketones is 1. The largest absolute Gasteiger partial charge is 0.489 e. The molecule has 0 saturated heterocycles. The molecule has 0 heterocycles. The van der Waals surface area contributed by atoms with E-state index >= 15 is 0 Å². The Morgan fingerprint density at radius 2 is 1.95 bits per heavy atom. The Morgan fingerprint density at radius 1 is 1.18 bits per heavy atom. The van der Waals surface area contributed by atoms with Crippen LogP contribution in [0.5, 0.6) is 5.75 Å². The van der Waals surface area contributed by atoms with E-state index in [9.17, 15) is 9.59 Å².